The van der Waals surface area contributed by atoms with Crippen LogP contribution in [0.2, 0.25) is 0 Å². The summed E-state index contributed by atoms with van der Waals surface area (Å²) in [6.07, 6.45) is 1.93. The number of benzene rings is 2. The summed E-state index contributed by atoms with van der Waals surface area (Å²) in [5, 5.41) is 2.77. The predicted octanol–water partition coefficient (Wildman–Crippen LogP) is 3.98. The van der Waals surface area contributed by atoms with Crippen molar-refractivity contribution in [2.24, 2.45) is 0 Å². The van der Waals surface area contributed by atoms with Crippen molar-refractivity contribution in [2.75, 3.05) is 18.1 Å². The first-order valence-corrected chi connectivity index (χ1v) is 10.9. The number of carbonyl (C=O) groups is 1. The van der Waals surface area contributed by atoms with Crippen LogP contribution in [0.5, 0.6) is 0 Å². The minimum atomic E-state index is -3.41. The van der Waals surface area contributed by atoms with E-state index in [-0.39, 0.29) is 16.3 Å². The number of fused-ring (bicyclic) bond motifs is 1. The lowest BCUT2D eigenvalue weighted by atomic mass is 9.84. The Labute approximate surface area is 161 Å². The van der Waals surface area contributed by atoms with Crippen LogP contribution in [0.4, 0.5) is 10.5 Å². The van der Waals surface area contributed by atoms with E-state index in [1.54, 1.807) is 23.1 Å². The van der Waals surface area contributed by atoms with Gasteiger partial charge in [0.2, 0.25) is 0 Å². The summed E-state index contributed by atoms with van der Waals surface area (Å²) in [6.45, 7) is 7.64. The van der Waals surface area contributed by atoms with E-state index in [2.05, 4.69) is 44.3 Å². The molecule has 1 aliphatic rings. The Morgan fingerprint density at radius 3 is 2.44 bits per heavy atom. The number of urea groups is 1. The Morgan fingerprint density at radius 2 is 1.78 bits per heavy atom. The molecule has 2 amide bonds. The molecule has 3 rings (SSSR count). The molecular formula is C21H26N2O3S. The molecular weight excluding hydrogens is 360 g/mol. The molecule has 0 spiro atoms. The zero-order chi connectivity index (χ0) is 19.8. The van der Waals surface area contributed by atoms with Crippen molar-refractivity contribution < 1.29 is 13.2 Å². The van der Waals surface area contributed by atoms with Crippen LogP contribution in [0, 0.1) is 0 Å². The van der Waals surface area contributed by atoms with Gasteiger partial charge in [0.15, 0.2) is 9.84 Å². The summed E-state index contributed by atoms with van der Waals surface area (Å²) in [7, 11) is -3.41. The second-order valence-corrected chi connectivity index (χ2v) is 10.1. The number of hydrogen-bond acceptors (Lipinski definition) is 3. The average molecular weight is 387 g/mol. The Kier molecular flexibility index (Phi) is 5.04. The molecule has 1 aliphatic heterocycles. The monoisotopic (exact) mass is 386 g/mol. The third-order valence-electron chi connectivity index (χ3n) is 4.90. The van der Waals surface area contributed by atoms with Crippen LogP contribution in [0.25, 0.3) is 0 Å². The van der Waals surface area contributed by atoms with E-state index in [9.17, 15) is 13.2 Å². The maximum absolute atomic E-state index is 12.8. The van der Waals surface area contributed by atoms with Crippen molar-refractivity contribution in [3.63, 3.8) is 0 Å². The molecule has 0 saturated carbocycles. The molecule has 2 aromatic rings. The lowest BCUT2D eigenvalue weighted by Crippen LogP contribution is -2.39. The highest BCUT2D eigenvalue weighted by atomic mass is 32.2. The van der Waals surface area contributed by atoms with Gasteiger partial charge in [0.25, 0.3) is 0 Å². The van der Waals surface area contributed by atoms with E-state index >= 15 is 0 Å². The smallest absolute Gasteiger partial charge is 0.320 e. The molecule has 0 fully saturated rings. The standard InChI is InChI=1S/C21H26N2O3S/c1-21(2,3)17-10-9-15-11-12-23(14-16(15)13-17)20(24)22-18-7-5-6-8-19(18)27(4,25)26/h5-10,13H,11-12,14H2,1-4H3,(H,22,24). The molecule has 1 N–H and O–H groups in total. The molecule has 6 heteroatoms. The minimum Gasteiger partial charge on any atom is -0.320 e. The molecule has 2 aromatic carbocycles. The lowest BCUT2D eigenvalue weighted by molar-refractivity contribution is 0.206. The SMILES string of the molecule is CC(C)(C)c1ccc2c(c1)CN(C(=O)Nc1ccccc1S(C)(=O)=O)CC2. The molecule has 0 aromatic heterocycles. The Morgan fingerprint density at radius 1 is 1.07 bits per heavy atom. The Balaban J connectivity index is 1.81. The van der Waals surface area contributed by atoms with Gasteiger partial charge in [0.1, 0.15) is 0 Å². The lowest BCUT2D eigenvalue weighted by Gasteiger charge is -2.31. The molecule has 0 unspecified atom stereocenters. The summed E-state index contributed by atoms with van der Waals surface area (Å²) in [4.78, 5) is 14.6. The van der Waals surface area contributed by atoms with E-state index < -0.39 is 9.84 Å². The highest BCUT2D eigenvalue weighted by Crippen LogP contribution is 2.28. The van der Waals surface area contributed by atoms with Crippen molar-refractivity contribution in [3.05, 3.63) is 59.2 Å². The number of rotatable bonds is 2. The summed E-state index contributed by atoms with van der Waals surface area (Å²) < 4.78 is 23.9. The summed E-state index contributed by atoms with van der Waals surface area (Å²) in [6, 6.07) is 12.7. The van der Waals surface area contributed by atoms with Gasteiger partial charge in [0.05, 0.1) is 10.6 Å². The van der Waals surface area contributed by atoms with Crippen molar-refractivity contribution in [1.29, 1.82) is 0 Å². The molecule has 27 heavy (non-hydrogen) atoms. The average Bonchev–Trinajstić information content (AvgIpc) is 2.59. The third-order valence-corrected chi connectivity index (χ3v) is 6.05. The number of hydrogen-bond donors (Lipinski definition) is 1. The van der Waals surface area contributed by atoms with E-state index in [4.69, 9.17) is 0 Å². The van der Waals surface area contributed by atoms with Gasteiger partial charge in [-0.2, -0.15) is 0 Å². The second kappa shape index (κ2) is 7.00. The highest BCUT2D eigenvalue weighted by Gasteiger charge is 2.24. The third kappa shape index (κ3) is 4.33. The fourth-order valence-electron chi connectivity index (χ4n) is 3.28. The van der Waals surface area contributed by atoms with Crippen molar-refractivity contribution in [1.82, 2.24) is 4.90 Å². The van der Waals surface area contributed by atoms with Crippen molar-refractivity contribution >= 4 is 21.6 Å². The van der Waals surface area contributed by atoms with Crippen LogP contribution < -0.4 is 5.32 Å². The topological polar surface area (TPSA) is 66.5 Å². The minimum absolute atomic E-state index is 0.0496. The summed E-state index contributed by atoms with van der Waals surface area (Å²) in [5.41, 5.74) is 4.03. The predicted molar refractivity (Wildman–Crippen MR) is 108 cm³/mol. The number of anilines is 1. The van der Waals surface area contributed by atoms with Crippen LogP contribution in [0.15, 0.2) is 47.4 Å². The fourth-order valence-corrected chi connectivity index (χ4v) is 4.13. The van der Waals surface area contributed by atoms with Gasteiger partial charge >= 0.3 is 6.03 Å². The Hall–Kier alpha value is -2.34. The molecule has 144 valence electrons. The maximum Gasteiger partial charge on any atom is 0.322 e. The highest BCUT2D eigenvalue weighted by molar-refractivity contribution is 7.90. The first-order valence-electron chi connectivity index (χ1n) is 9.03. The van der Waals surface area contributed by atoms with Gasteiger partial charge < -0.3 is 10.2 Å². The van der Waals surface area contributed by atoms with Gasteiger partial charge in [-0.15, -0.1) is 0 Å². The molecule has 0 bridgehead atoms. The van der Waals surface area contributed by atoms with E-state index in [0.717, 1.165) is 18.2 Å². The van der Waals surface area contributed by atoms with Crippen LogP contribution >= 0.6 is 0 Å². The van der Waals surface area contributed by atoms with E-state index in [1.807, 2.05) is 0 Å². The van der Waals surface area contributed by atoms with Crippen LogP contribution in [0.1, 0.15) is 37.5 Å². The van der Waals surface area contributed by atoms with Gasteiger partial charge in [0, 0.05) is 19.3 Å². The number of nitrogens with zero attached hydrogens (tertiary/aromatic N) is 1. The van der Waals surface area contributed by atoms with Gasteiger partial charge in [-0.1, -0.05) is 51.1 Å². The molecule has 0 saturated heterocycles. The van der Waals surface area contributed by atoms with E-state index in [1.165, 1.54) is 17.2 Å². The van der Waals surface area contributed by atoms with E-state index in [0.29, 0.717) is 18.8 Å². The number of amides is 2. The number of nitrogens with one attached hydrogen (secondary N) is 1. The van der Waals surface area contributed by atoms with Gasteiger partial charge in [-0.05, 0) is 40.7 Å². The van der Waals surface area contributed by atoms with Crippen LogP contribution in [-0.4, -0.2) is 32.1 Å². The van der Waals surface area contributed by atoms with Crippen molar-refractivity contribution in [2.45, 2.75) is 44.0 Å². The molecule has 5 nitrogen and oxygen atoms in total. The zero-order valence-electron chi connectivity index (χ0n) is 16.2. The van der Waals surface area contributed by atoms with Crippen molar-refractivity contribution in [3.8, 4) is 0 Å². The molecule has 1 heterocycles. The largest absolute Gasteiger partial charge is 0.322 e. The number of carbonyl (C=O) groups excluding carboxylic acids is 1. The number of sulfone groups is 1. The number of para-hydroxylation sites is 1. The molecule has 0 atom stereocenters. The normalized spacial score (nSPS) is 14.6. The first kappa shape index (κ1) is 19.4. The van der Waals surface area contributed by atoms with Crippen LogP contribution in [0.3, 0.4) is 0 Å². The molecule has 0 radical (unpaired) electrons. The van der Waals surface area contributed by atoms with Crippen LogP contribution in [-0.2, 0) is 28.2 Å². The van der Waals surface area contributed by atoms with Gasteiger partial charge in [-0.3, -0.25) is 0 Å². The maximum atomic E-state index is 12.8. The second-order valence-electron chi connectivity index (χ2n) is 8.10. The fraction of sp³-hybridized carbons (Fsp3) is 0.381. The Bertz CT molecular complexity index is 975. The summed E-state index contributed by atoms with van der Waals surface area (Å²) >= 11 is 0. The summed E-state index contributed by atoms with van der Waals surface area (Å²) in [5.74, 6) is 0. The van der Waals surface area contributed by atoms with Gasteiger partial charge in [-0.25, -0.2) is 13.2 Å². The first-order chi connectivity index (χ1) is 12.6. The molecule has 0 aliphatic carbocycles. The quantitative estimate of drug-likeness (QED) is 0.849. The zero-order valence-corrected chi connectivity index (χ0v) is 17.1.